The first-order valence-corrected chi connectivity index (χ1v) is 11.0. The third-order valence-electron chi connectivity index (χ3n) is 4.92. The van der Waals surface area contributed by atoms with Crippen molar-refractivity contribution in [3.05, 3.63) is 65.5 Å². The summed E-state index contributed by atoms with van der Waals surface area (Å²) in [5.41, 5.74) is 1.70. The lowest BCUT2D eigenvalue weighted by Gasteiger charge is -2.13. The second-order valence-electron chi connectivity index (χ2n) is 7.15. The van der Waals surface area contributed by atoms with E-state index in [0.29, 0.717) is 13.0 Å². The molecule has 0 heterocycles. The van der Waals surface area contributed by atoms with Crippen molar-refractivity contribution in [2.24, 2.45) is 0 Å². The summed E-state index contributed by atoms with van der Waals surface area (Å²) in [6, 6.07) is 12.6. The molecule has 0 radical (unpaired) electrons. The maximum absolute atomic E-state index is 12.9. The molecule has 0 aromatic heterocycles. The van der Waals surface area contributed by atoms with Crippen LogP contribution in [0.15, 0.2) is 53.4 Å². The van der Waals surface area contributed by atoms with Crippen LogP contribution in [-0.4, -0.2) is 26.9 Å². The number of carbonyl (C=O) groups excluding carboxylic acids is 1. The van der Waals surface area contributed by atoms with Gasteiger partial charge in [0, 0.05) is 12.6 Å². The number of nitrogens with one attached hydrogen (secondary N) is 2. The lowest BCUT2D eigenvalue weighted by atomic mass is 10.1. The van der Waals surface area contributed by atoms with E-state index < -0.39 is 10.0 Å². The summed E-state index contributed by atoms with van der Waals surface area (Å²) < 4.78 is 40.5. The Morgan fingerprint density at radius 3 is 2.21 bits per heavy atom. The SMILES string of the molecule is O=C(Cc1ccc(F)cc1)NCCc1ccc(S(=O)(=O)NC2CCCC2)cc1. The summed E-state index contributed by atoms with van der Waals surface area (Å²) in [4.78, 5) is 12.2. The molecule has 1 saturated carbocycles. The number of benzene rings is 2. The first kappa shape index (κ1) is 20.5. The molecule has 5 nitrogen and oxygen atoms in total. The molecule has 28 heavy (non-hydrogen) atoms. The van der Waals surface area contributed by atoms with Crippen LogP contribution in [0.4, 0.5) is 4.39 Å². The lowest BCUT2D eigenvalue weighted by molar-refractivity contribution is -0.120. The van der Waals surface area contributed by atoms with Crippen molar-refractivity contribution in [3.8, 4) is 0 Å². The van der Waals surface area contributed by atoms with Crippen molar-refractivity contribution in [2.75, 3.05) is 6.54 Å². The highest BCUT2D eigenvalue weighted by Gasteiger charge is 2.22. The molecule has 0 aliphatic heterocycles. The van der Waals surface area contributed by atoms with E-state index in [4.69, 9.17) is 0 Å². The van der Waals surface area contributed by atoms with E-state index in [1.165, 1.54) is 12.1 Å². The van der Waals surface area contributed by atoms with Gasteiger partial charge in [-0.2, -0.15) is 0 Å². The van der Waals surface area contributed by atoms with Crippen LogP contribution < -0.4 is 10.0 Å². The van der Waals surface area contributed by atoms with Crippen molar-refractivity contribution in [2.45, 2.75) is 49.5 Å². The summed E-state index contributed by atoms with van der Waals surface area (Å²) in [6.45, 7) is 0.451. The van der Waals surface area contributed by atoms with Gasteiger partial charge >= 0.3 is 0 Å². The Labute approximate surface area is 165 Å². The summed E-state index contributed by atoms with van der Waals surface area (Å²) in [5.74, 6) is -0.459. The second-order valence-corrected chi connectivity index (χ2v) is 8.86. The van der Waals surface area contributed by atoms with Gasteiger partial charge in [0.2, 0.25) is 15.9 Å². The highest BCUT2D eigenvalue weighted by molar-refractivity contribution is 7.89. The number of carbonyl (C=O) groups is 1. The zero-order valence-electron chi connectivity index (χ0n) is 15.7. The molecule has 1 fully saturated rings. The van der Waals surface area contributed by atoms with E-state index in [1.54, 1.807) is 36.4 Å². The van der Waals surface area contributed by atoms with Crippen LogP contribution in [0.25, 0.3) is 0 Å². The monoisotopic (exact) mass is 404 g/mol. The van der Waals surface area contributed by atoms with Gasteiger partial charge in [-0.1, -0.05) is 37.1 Å². The fraction of sp³-hybridized carbons (Fsp3) is 0.381. The molecule has 1 amide bonds. The van der Waals surface area contributed by atoms with Crippen LogP contribution >= 0.6 is 0 Å². The van der Waals surface area contributed by atoms with E-state index in [1.807, 2.05) is 0 Å². The summed E-state index contributed by atoms with van der Waals surface area (Å²) >= 11 is 0. The van der Waals surface area contributed by atoms with Crippen molar-refractivity contribution in [3.63, 3.8) is 0 Å². The van der Waals surface area contributed by atoms with Gasteiger partial charge in [0.05, 0.1) is 11.3 Å². The van der Waals surface area contributed by atoms with Crippen molar-refractivity contribution in [1.29, 1.82) is 0 Å². The highest BCUT2D eigenvalue weighted by atomic mass is 32.2. The van der Waals surface area contributed by atoms with Crippen LogP contribution in [0.1, 0.15) is 36.8 Å². The van der Waals surface area contributed by atoms with Gasteiger partial charge in [0.15, 0.2) is 0 Å². The predicted molar refractivity (Wildman–Crippen MR) is 106 cm³/mol. The number of hydrogen-bond donors (Lipinski definition) is 2. The van der Waals surface area contributed by atoms with Crippen LogP contribution in [0.3, 0.4) is 0 Å². The quantitative estimate of drug-likeness (QED) is 0.710. The van der Waals surface area contributed by atoms with Crippen molar-refractivity contribution >= 4 is 15.9 Å². The average molecular weight is 405 g/mol. The van der Waals surface area contributed by atoms with Crippen LogP contribution in [0.2, 0.25) is 0 Å². The molecule has 2 N–H and O–H groups in total. The number of rotatable bonds is 8. The van der Waals surface area contributed by atoms with Gasteiger partial charge in [-0.25, -0.2) is 17.5 Å². The topological polar surface area (TPSA) is 75.3 Å². The molecule has 0 unspecified atom stereocenters. The highest BCUT2D eigenvalue weighted by Crippen LogP contribution is 2.20. The van der Waals surface area contributed by atoms with Gasteiger partial charge in [0.25, 0.3) is 0 Å². The van der Waals surface area contributed by atoms with Crippen molar-refractivity contribution in [1.82, 2.24) is 10.0 Å². The normalized spacial score (nSPS) is 14.9. The van der Waals surface area contributed by atoms with E-state index in [-0.39, 0.29) is 29.1 Å². The maximum Gasteiger partial charge on any atom is 0.240 e. The third-order valence-corrected chi connectivity index (χ3v) is 6.46. The molecule has 150 valence electrons. The number of hydrogen-bond acceptors (Lipinski definition) is 3. The van der Waals surface area contributed by atoms with Gasteiger partial charge < -0.3 is 5.32 Å². The van der Waals surface area contributed by atoms with Crippen LogP contribution in [0.5, 0.6) is 0 Å². The molecule has 0 spiro atoms. The Hall–Kier alpha value is -2.25. The molecule has 2 aromatic carbocycles. The molecule has 0 atom stereocenters. The molecule has 0 saturated heterocycles. The van der Waals surface area contributed by atoms with Gasteiger partial charge in [0.1, 0.15) is 5.82 Å². The number of halogens is 1. The Morgan fingerprint density at radius 2 is 1.57 bits per heavy atom. The Balaban J connectivity index is 1.46. The minimum absolute atomic E-state index is 0.0426. The first-order valence-electron chi connectivity index (χ1n) is 9.55. The minimum atomic E-state index is -3.48. The van der Waals surface area contributed by atoms with E-state index >= 15 is 0 Å². The molecule has 1 aliphatic carbocycles. The van der Waals surface area contributed by atoms with E-state index in [2.05, 4.69) is 10.0 Å². The third kappa shape index (κ3) is 5.87. The second kappa shape index (κ2) is 9.30. The molecule has 3 rings (SSSR count). The fourth-order valence-electron chi connectivity index (χ4n) is 3.36. The van der Waals surface area contributed by atoms with Gasteiger partial charge in [-0.15, -0.1) is 0 Å². The zero-order chi connectivity index (χ0) is 20.0. The molecular formula is C21H25FN2O3S. The molecule has 2 aromatic rings. The predicted octanol–water partition coefficient (Wildman–Crippen LogP) is 2.95. The molecule has 0 bridgehead atoms. The standard InChI is InChI=1S/C21H25FN2O3S/c22-18-9-5-17(6-10-18)15-21(25)23-14-13-16-7-11-20(12-8-16)28(26,27)24-19-3-1-2-4-19/h5-12,19,24H,1-4,13-15H2,(H,23,25). The maximum atomic E-state index is 12.9. The first-order chi connectivity index (χ1) is 13.4. The van der Waals surface area contributed by atoms with Gasteiger partial charge in [-0.05, 0) is 54.7 Å². The molecular weight excluding hydrogens is 379 g/mol. The Bertz CT molecular complexity index is 890. The summed E-state index contributed by atoms with van der Waals surface area (Å²) in [7, 11) is -3.48. The fourth-order valence-corrected chi connectivity index (χ4v) is 4.67. The molecule has 1 aliphatic rings. The van der Waals surface area contributed by atoms with E-state index in [9.17, 15) is 17.6 Å². The van der Waals surface area contributed by atoms with Crippen molar-refractivity contribution < 1.29 is 17.6 Å². The molecule has 7 heteroatoms. The largest absolute Gasteiger partial charge is 0.355 e. The van der Waals surface area contributed by atoms with Crippen LogP contribution in [-0.2, 0) is 27.7 Å². The zero-order valence-corrected chi connectivity index (χ0v) is 16.5. The van der Waals surface area contributed by atoms with Gasteiger partial charge in [-0.3, -0.25) is 4.79 Å². The minimum Gasteiger partial charge on any atom is -0.355 e. The smallest absolute Gasteiger partial charge is 0.240 e. The van der Waals surface area contributed by atoms with E-state index in [0.717, 1.165) is 36.8 Å². The summed E-state index contributed by atoms with van der Waals surface area (Å²) in [6.07, 6.45) is 4.73. The average Bonchev–Trinajstić information content (AvgIpc) is 3.16. The number of sulfonamides is 1. The lowest BCUT2D eigenvalue weighted by Crippen LogP contribution is -2.32. The Morgan fingerprint density at radius 1 is 0.964 bits per heavy atom. The number of amides is 1. The Kier molecular flexibility index (Phi) is 6.80. The summed E-state index contributed by atoms with van der Waals surface area (Å²) in [5, 5.41) is 2.82. The van der Waals surface area contributed by atoms with Crippen LogP contribution in [0, 0.1) is 5.82 Å².